The first-order valence-corrected chi connectivity index (χ1v) is 6.29. The molecule has 0 amide bonds. The van der Waals surface area contributed by atoms with Crippen molar-refractivity contribution in [1.29, 1.82) is 5.26 Å². The number of nitrogens with one attached hydrogen (secondary N) is 1. The van der Waals surface area contributed by atoms with Crippen molar-refractivity contribution < 1.29 is 4.84 Å². The first-order chi connectivity index (χ1) is 8.86. The molecule has 2 aromatic rings. The number of aromatic nitrogens is 1. The summed E-state index contributed by atoms with van der Waals surface area (Å²) in [5.41, 5.74) is 3.82. The number of hydrogen-bond donors (Lipinski definition) is 1. The lowest BCUT2D eigenvalue weighted by molar-refractivity contribution is -0.153. The Morgan fingerprint density at radius 3 is 3.17 bits per heavy atom. The van der Waals surface area contributed by atoms with Crippen LogP contribution in [0.15, 0.2) is 24.3 Å². The van der Waals surface area contributed by atoms with Crippen LogP contribution in [0.3, 0.4) is 0 Å². The van der Waals surface area contributed by atoms with Crippen LogP contribution < -0.4 is 0 Å². The van der Waals surface area contributed by atoms with Crippen LogP contribution in [-0.4, -0.2) is 22.7 Å². The summed E-state index contributed by atoms with van der Waals surface area (Å²) in [6.45, 7) is 0.873. The fraction of sp³-hybridized carbons (Fsp3) is 0.357. The standard InChI is InChI=1S/C14H13N3O/c15-8-9-7-13-14-11(5-6-17(13)18-9)10-3-1-2-4-12(10)16-14/h1-4,9,13,16H,5-7H2/t9-,13+/m0/s1. The second-order valence-electron chi connectivity index (χ2n) is 4.93. The number of H-pyrrole nitrogens is 1. The summed E-state index contributed by atoms with van der Waals surface area (Å²) in [4.78, 5) is 9.12. The number of para-hydroxylation sites is 1. The normalized spacial score (nSPS) is 26.8. The molecule has 2 atom stereocenters. The molecule has 90 valence electrons. The predicted octanol–water partition coefficient (Wildman–Crippen LogP) is 2.29. The monoisotopic (exact) mass is 239 g/mol. The molecule has 4 rings (SSSR count). The van der Waals surface area contributed by atoms with Crippen molar-refractivity contribution in [3.63, 3.8) is 0 Å². The second-order valence-corrected chi connectivity index (χ2v) is 4.93. The van der Waals surface area contributed by atoms with Gasteiger partial charge in [-0.15, -0.1) is 0 Å². The maximum Gasteiger partial charge on any atom is 0.167 e. The summed E-state index contributed by atoms with van der Waals surface area (Å²) in [7, 11) is 0. The van der Waals surface area contributed by atoms with E-state index >= 15 is 0 Å². The van der Waals surface area contributed by atoms with Gasteiger partial charge in [0.1, 0.15) is 0 Å². The van der Waals surface area contributed by atoms with E-state index in [1.54, 1.807) is 0 Å². The maximum absolute atomic E-state index is 8.99. The van der Waals surface area contributed by atoms with Crippen LogP contribution in [0.2, 0.25) is 0 Å². The first-order valence-electron chi connectivity index (χ1n) is 6.29. The fourth-order valence-corrected chi connectivity index (χ4v) is 3.14. The lowest BCUT2D eigenvalue weighted by Gasteiger charge is -2.27. The Morgan fingerprint density at radius 1 is 1.39 bits per heavy atom. The number of hydroxylamine groups is 2. The molecule has 0 bridgehead atoms. The molecule has 2 aliphatic heterocycles. The smallest absolute Gasteiger partial charge is 0.167 e. The molecule has 0 radical (unpaired) electrons. The molecule has 1 saturated heterocycles. The highest BCUT2D eigenvalue weighted by Gasteiger charge is 2.39. The van der Waals surface area contributed by atoms with Gasteiger partial charge in [-0.3, -0.25) is 4.84 Å². The van der Waals surface area contributed by atoms with Gasteiger partial charge >= 0.3 is 0 Å². The van der Waals surface area contributed by atoms with Crippen molar-refractivity contribution in [3.05, 3.63) is 35.5 Å². The van der Waals surface area contributed by atoms with Crippen LogP contribution >= 0.6 is 0 Å². The highest BCUT2D eigenvalue weighted by Crippen LogP contribution is 2.41. The van der Waals surface area contributed by atoms with Gasteiger partial charge in [-0.25, -0.2) is 0 Å². The molecule has 18 heavy (non-hydrogen) atoms. The van der Waals surface area contributed by atoms with E-state index in [0.29, 0.717) is 0 Å². The van der Waals surface area contributed by atoms with Gasteiger partial charge < -0.3 is 4.98 Å². The summed E-state index contributed by atoms with van der Waals surface area (Å²) >= 11 is 0. The average molecular weight is 239 g/mol. The minimum Gasteiger partial charge on any atom is -0.357 e. The number of nitriles is 1. The molecule has 0 saturated carbocycles. The van der Waals surface area contributed by atoms with E-state index in [1.165, 1.54) is 22.2 Å². The zero-order valence-electron chi connectivity index (χ0n) is 9.89. The molecule has 4 nitrogen and oxygen atoms in total. The number of hydrogen-bond acceptors (Lipinski definition) is 3. The van der Waals surface area contributed by atoms with E-state index < -0.39 is 0 Å². The molecule has 2 aliphatic rings. The van der Waals surface area contributed by atoms with Crippen molar-refractivity contribution >= 4 is 10.9 Å². The number of benzene rings is 1. The van der Waals surface area contributed by atoms with E-state index in [9.17, 15) is 0 Å². The largest absolute Gasteiger partial charge is 0.357 e. The lowest BCUT2D eigenvalue weighted by Crippen LogP contribution is -2.30. The third-order valence-corrected chi connectivity index (χ3v) is 3.95. The summed E-state index contributed by atoms with van der Waals surface area (Å²) in [5, 5.41) is 12.3. The molecule has 0 unspecified atom stereocenters. The van der Waals surface area contributed by atoms with Crippen molar-refractivity contribution in [2.45, 2.75) is 25.0 Å². The van der Waals surface area contributed by atoms with Crippen LogP contribution in [0, 0.1) is 11.3 Å². The van der Waals surface area contributed by atoms with Crippen LogP contribution in [0.4, 0.5) is 0 Å². The highest BCUT2D eigenvalue weighted by molar-refractivity contribution is 5.85. The topological polar surface area (TPSA) is 52.0 Å². The highest BCUT2D eigenvalue weighted by atomic mass is 16.7. The minimum atomic E-state index is -0.299. The summed E-state index contributed by atoms with van der Waals surface area (Å²) in [6.07, 6.45) is 1.44. The number of nitrogens with zero attached hydrogens (tertiary/aromatic N) is 2. The lowest BCUT2D eigenvalue weighted by atomic mass is 9.97. The Morgan fingerprint density at radius 2 is 2.28 bits per heavy atom. The Balaban J connectivity index is 1.86. The fourth-order valence-electron chi connectivity index (χ4n) is 3.14. The first kappa shape index (κ1) is 10.1. The molecular formula is C14H13N3O. The Labute approximate surface area is 105 Å². The Hall–Kier alpha value is -1.83. The molecule has 4 heteroatoms. The van der Waals surface area contributed by atoms with E-state index in [1.807, 2.05) is 11.1 Å². The molecule has 1 aromatic heterocycles. The molecular weight excluding hydrogens is 226 g/mol. The summed E-state index contributed by atoms with van der Waals surface area (Å²) in [5.74, 6) is 0. The zero-order valence-corrected chi connectivity index (χ0v) is 9.89. The van der Waals surface area contributed by atoms with Crippen molar-refractivity contribution in [1.82, 2.24) is 10.0 Å². The SMILES string of the molecule is N#C[C@@H]1C[C@@H]2c3[nH]c4ccccc4c3CCN2O1. The molecule has 1 fully saturated rings. The van der Waals surface area contributed by atoms with E-state index in [-0.39, 0.29) is 12.1 Å². The van der Waals surface area contributed by atoms with Gasteiger partial charge in [0.25, 0.3) is 0 Å². The number of fused-ring (bicyclic) bond motifs is 5. The zero-order chi connectivity index (χ0) is 12.1. The molecule has 3 heterocycles. The van der Waals surface area contributed by atoms with E-state index in [0.717, 1.165) is 19.4 Å². The second kappa shape index (κ2) is 3.58. The summed E-state index contributed by atoms with van der Waals surface area (Å²) < 4.78 is 0. The number of rotatable bonds is 0. The molecule has 1 N–H and O–H groups in total. The van der Waals surface area contributed by atoms with Crippen molar-refractivity contribution in [2.75, 3.05) is 6.54 Å². The maximum atomic E-state index is 8.99. The third kappa shape index (κ3) is 1.26. The van der Waals surface area contributed by atoms with Crippen LogP contribution in [0.25, 0.3) is 10.9 Å². The van der Waals surface area contributed by atoms with E-state index in [4.69, 9.17) is 10.1 Å². The van der Waals surface area contributed by atoms with E-state index in [2.05, 4.69) is 29.3 Å². The van der Waals surface area contributed by atoms with Gasteiger partial charge in [0.15, 0.2) is 6.10 Å². The van der Waals surface area contributed by atoms with Crippen LogP contribution in [0.1, 0.15) is 23.7 Å². The Kier molecular flexibility index (Phi) is 2.01. The van der Waals surface area contributed by atoms with Crippen LogP contribution in [-0.2, 0) is 11.3 Å². The van der Waals surface area contributed by atoms with Crippen LogP contribution in [0.5, 0.6) is 0 Å². The number of aromatic amines is 1. The van der Waals surface area contributed by atoms with Crippen molar-refractivity contribution in [3.8, 4) is 6.07 Å². The van der Waals surface area contributed by atoms with Gasteiger partial charge in [-0.1, -0.05) is 18.2 Å². The van der Waals surface area contributed by atoms with Crippen molar-refractivity contribution in [2.24, 2.45) is 0 Å². The average Bonchev–Trinajstić information content (AvgIpc) is 2.98. The van der Waals surface area contributed by atoms with Gasteiger partial charge in [-0.2, -0.15) is 10.3 Å². The summed E-state index contributed by atoms with van der Waals surface area (Å²) in [6, 6.07) is 10.8. The third-order valence-electron chi connectivity index (χ3n) is 3.95. The predicted molar refractivity (Wildman–Crippen MR) is 66.6 cm³/mol. The molecule has 0 spiro atoms. The van der Waals surface area contributed by atoms with Gasteiger partial charge in [0.05, 0.1) is 12.1 Å². The quantitative estimate of drug-likeness (QED) is 0.767. The molecule has 0 aliphatic carbocycles. The molecule has 1 aromatic carbocycles. The van der Waals surface area contributed by atoms with Gasteiger partial charge in [0.2, 0.25) is 0 Å². The van der Waals surface area contributed by atoms with Gasteiger partial charge in [0, 0.05) is 29.6 Å². The Bertz CT molecular complexity index is 655. The minimum absolute atomic E-state index is 0.214. The van der Waals surface area contributed by atoms with Gasteiger partial charge in [-0.05, 0) is 18.1 Å².